The smallest absolute Gasteiger partial charge is 0.298 e. The van der Waals surface area contributed by atoms with E-state index in [-0.39, 0.29) is 17.2 Å². The van der Waals surface area contributed by atoms with E-state index >= 15 is 0 Å². The second-order valence-corrected chi connectivity index (χ2v) is 1.67. The standard InChI is InChI=1S/C4H4N2O3/c5-2-1-3(7)6(9)4(2)8/h5,9H,1H2. The van der Waals surface area contributed by atoms with Crippen molar-refractivity contribution in [3.63, 3.8) is 0 Å². The minimum atomic E-state index is -0.917. The molecule has 2 amide bonds. The number of hydroxylamine groups is 2. The number of rotatable bonds is 0. The summed E-state index contributed by atoms with van der Waals surface area (Å²) in [7, 11) is 0. The average molecular weight is 128 g/mol. The SMILES string of the molecule is N=C1CC(=O)N(O)C1=O. The van der Waals surface area contributed by atoms with Gasteiger partial charge in [-0.2, -0.15) is 5.06 Å². The maximum Gasteiger partial charge on any atom is 0.298 e. The van der Waals surface area contributed by atoms with Crippen molar-refractivity contribution in [3.05, 3.63) is 0 Å². The van der Waals surface area contributed by atoms with Crippen LogP contribution >= 0.6 is 0 Å². The van der Waals surface area contributed by atoms with E-state index < -0.39 is 11.8 Å². The summed E-state index contributed by atoms with van der Waals surface area (Å²) in [5.41, 5.74) is -0.359. The first-order valence-corrected chi connectivity index (χ1v) is 2.26. The van der Waals surface area contributed by atoms with Gasteiger partial charge in [0.1, 0.15) is 5.71 Å². The van der Waals surface area contributed by atoms with Crippen LogP contribution in [0.2, 0.25) is 0 Å². The zero-order valence-corrected chi connectivity index (χ0v) is 4.42. The molecule has 0 saturated carbocycles. The molecule has 1 heterocycles. The lowest BCUT2D eigenvalue weighted by Crippen LogP contribution is -2.26. The molecule has 1 aliphatic rings. The van der Waals surface area contributed by atoms with Crippen LogP contribution in [0.5, 0.6) is 0 Å². The number of hydrogen-bond acceptors (Lipinski definition) is 4. The predicted molar refractivity (Wildman–Crippen MR) is 26.0 cm³/mol. The number of carbonyl (C=O) groups is 2. The molecule has 0 radical (unpaired) electrons. The van der Waals surface area contributed by atoms with E-state index in [9.17, 15) is 9.59 Å². The number of nitrogens with zero attached hydrogens (tertiary/aromatic N) is 1. The number of carbonyl (C=O) groups excluding carboxylic acids is 2. The summed E-state index contributed by atoms with van der Waals surface area (Å²) < 4.78 is 0. The van der Waals surface area contributed by atoms with Crippen LogP contribution in [0.15, 0.2) is 0 Å². The Morgan fingerprint density at radius 1 is 1.56 bits per heavy atom. The van der Waals surface area contributed by atoms with Crippen molar-refractivity contribution >= 4 is 17.5 Å². The van der Waals surface area contributed by atoms with Crippen LogP contribution in [0.1, 0.15) is 6.42 Å². The fourth-order valence-corrected chi connectivity index (χ4v) is 0.543. The second-order valence-electron chi connectivity index (χ2n) is 1.67. The lowest BCUT2D eigenvalue weighted by molar-refractivity contribution is -0.169. The van der Waals surface area contributed by atoms with Gasteiger partial charge < -0.3 is 0 Å². The summed E-state index contributed by atoms with van der Waals surface area (Å²) in [5.74, 6) is -1.65. The van der Waals surface area contributed by atoms with E-state index in [2.05, 4.69) is 0 Å². The van der Waals surface area contributed by atoms with Crippen LogP contribution in [-0.4, -0.2) is 27.8 Å². The molecule has 9 heavy (non-hydrogen) atoms. The van der Waals surface area contributed by atoms with Crippen LogP contribution in [-0.2, 0) is 9.59 Å². The molecule has 5 nitrogen and oxygen atoms in total. The third-order valence-electron chi connectivity index (χ3n) is 1.01. The van der Waals surface area contributed by atoms with Crippen LogP contribution in [0.4, 0.5) is 0 Å². The third-order valence-corrected chi connectivity index (χ3v) is 1.01. The Morgan fingerprint density at radius 2 is 2.11 bits per heavy atom. The quantitative estimate of drug-likeness (QED) is 0.329. The normalized spacial score (nSPS) is 19.7. The molecule has 0 aromatic rings. The molecule has 48 valence electrons. The van der Waals surface area contributed by atoms with Gasteiger partial charge in [0.05, 0.1) is 6.42 Å². The molecule has 1 saturated heterocycles. The summed E-state index contributed by atoms with van der Waals surface area (Å²) in [4.78, 5) is 20.7. The molecule has 1 rings (SSSR count). The number of amides is 2. The van der Waals surface area contributed by atoms with Crippen molar-refractivity contribution in [3.8, 4) is 0 Å². The summed E-state index contributed by atoms with van der Waals surface area (Å²) in [5, 5.41) is 15.1. The van der Waals surface area contributed by atoms with Gasteiger partial charge in [0.2, 0.25) is 0 Å². The molecule has 2 N–H and O–H groups in total. The molecule has 0 bridgehead atoms. The molecule has 0 aromatic carbocycles. The van der Waals surface area contributed by atoms with E-state index in [0.29, 0.717) is 0 Å². The summed E-state index contributed by atoms with van der Waals surface area (Å²) in [6.45, 7) is 0. The van der Waals surface area contributed by atoms with Gasteiger partial charge in [-0.05, 0) is 0 Å². The van der Waals surface area contributed by atoms with Gasteiger partial charge in [0, 0.05) is 0 Å². The molecule has 1 aliphatic heterocycles. The minimum absolute atomic E-state index is 0.0394. The van der Waals surface area contributed by atoms with E-state index in [4.69, 9.17) is 10.6 Å². The Kier molecular flexibility index (Phi) is 1.07. The van der Waals surface area contributed by atoms with Gasteiger partial charge >= 0.3 is 0 Å². The molecule has 0 aliphatic carbocycles. The lowest BCUT2D eigenvalue weighted by atomic mass is 10.3. The Balaban J connectivity index is 2.90. The fraction of sp³-hybridized carbons (Fsp3) is 0.250. The second kappa shape index (κ2) is 1.63. The summed E-state index contributed by atoms with van der Waals surface area (Å²) in [6.07, 6.45) is -0.282. The summed E-state index contributed by atoms with van der Waals surface area (Å²) >= 11 is 0. The van der Waals surface area contributed by atoms with Crippen molar-refractivity contribution in [2.45, 2.75) is 6.42 Å². The van der Waals surface area contributed by atoms with Gasteiger partial charge in [0.25, 0.3) is 11.8 Å². The Hall–Kier alpha value is -1.23. The van der Waals surface area contributed by atoms with E-state index in [1.807, 2.05) is 0 Å². The van der Waals surface area contributed by atoms with E-state index in [0.717, 1.165) is 0 Å². The monoisotopic (exact) mass is 128 g/mol. The summed E-state index contributed by atoms with van der Waals surface area (Å²) in [6, 6.07) is 0. The van der Waals surface area contributed by atoms with Gasteiger partial charge in [-0.15, -0.1) is 0 Å². The lowest BCUT2D eigenvalue weighted by Gasteiger charge is -1.98. The van der Waals surface area contributed by atoms with Crippen LogP contribution in [0.25, 0.3) is 0 Å². The van der Waals surface area contributed by atoms with Gasteiger partial charge in [-0.3, -0.25) is 20.2 Å². The van der Waals surface area contributed by atoms with Crippen molar-refractivity contribution < 1.29 is 14.8 Å². The maximum atomic E-state index is 10.3. The van der Waals surface area contributed by atoms with Crippen LogP contribution in [0.3, 0.4) is 0 Å². The highest BCUT2D eigenvalue weighted by Crippen LogP contribution is 2.03. The average Bonchev–Trinajstić information content (AvgIpc) is 1.98. The number of hydrogen-bond donors (Lipinski definition) is 2. The first kappa shape index (κ1) is 5.90. The fourth-order valence-electron chi connectivity index (χ4n) is 0.543. The topological polar surface area (TPSA) is 81.5 Å². The zero-order valence-electron chi connectivity index (χ0n) is 4.42. The Labute approximate surface area is 50.3 Å². The molecule has 0 unspecified atom stereocenters. The molecular weight excluding hydrogens is 124 g/mol. The molecule has 0 atom stereocenters. The molecular formula is C4H4N2O3. The Bertz CT molecular complexity index is 198. The van der Waals surface area contributed by atoms with Crippen LogP contribution in [0, 0.1) is 5.41 Å². The van der Waals surface area contributed by atoms with E-state index in [1.165, 1.54) is 0 Å². The van der Waals surface area contributed by atoms with Crippen molar-refractivity contribution in [2.75, 3.05) is 0 Å². The highest BCUT2D eigenvalue weighted by atomic mass is 16.5. The van der Waals surface area contributed by atoms with Gasteiger partial charge in [0.15, 0.2) is 0 Å². The number of imide groups is 1. The van der Waals surface area contributed by atoms with E-state index in [1.54, 1.807) is 0 Å². The van der Waals surface area contributed by atoms with Crippen molar-refractivity contribution in [1.29, 1.82) is 5.41 Å². The van der Waals surface area contributed by atoms with Crippen molar-refractivity contribution in [2.24, 2.45) is 0 Å². The highest BCUT2D eigenvalue weighted by molar-refractivity contribution is 6.47. The van der Waals surface area contributed by atoms with Gasteiger partial charge in [-0.25, -0.2) is 0 Å². The minimum Gasteiger partial charge on any atom is -0.299 e. The van der Waals surface area contributed by atoms with Gasteiger partial charge in [-0.1, -0.05) is 0 Å². The molecule has 0 aromatic heterocycles. The first-order valence-electron chi connectivity index (χ1n) is 2.26. The zero-order chi connectivity index (χ0) is 7.02. The van der Waals surface area contributed by atoms with Crippen LogP contribution < -0.4 is 0 Å². The molecule has 0 spiro atoms. The maximum absolute atomic E-state index is 10.3. The highest BCUT2D eigenvalue weighted by Gasteiger charge is 2.32. The molecule has 1 fully saturated rings. The Morgan fingerprint density at radius 3 is 2.22 bits per heavy atom. The number of nitrogens with one attached hydrogen (secondary N) is 1. The van der Waals surface area contributed by atoms with Crippen molar-refractivity contribution in [1.82, 2.24) is 5.06 Å². The third kappa shape index (κ3) is 0.706. The predicted octanol–water partition coefficient (Wildman–Crippen LogP) is -0.846. The molecule has 5 heteroatoms. The largest absolute Gasteiger partial charge is 0.299 e. The first-order chi connectivity index (χ1) is 4.13.